The molecule has 0 aliphatic rings. The maximum atomic E-state index is 10.5. The molecule has 21 heavy (non-hydrogen) atoms. The molecular weight excluding hydrogens is 272 g/mol. The zero-order chi connectivity index (χ0) is 14.9. The maximum absolute atomic E-state index is 10.5. The van der Waals surface area contributed by atoms with Gasteiger partial charge in [0.05, 0.1) is 4.92 Å². The average Bonchev–Trinajstić information content (AvgIpc) is 2.52. The molecule has 0 fully saturated rings. The van der Waals surface area contributed by atoms with Crippen LogP contribution in [0.2, 0.25) is 0 Å². The summed E-state index contributed by atoms with van der Waals surface area (Å²) in [5.41, 5.74) is 1.03. The van der Waals surface area contributed by atoms with Gasteiger partial charge >= 0.3 is 5.69 Å². The summed E-state index contributed by atoms with van der Waals surface area (Å²) in [4.78, 5) is 21.7. The number of hydrogen-bond acceptors (Lipinski definition) is 7. The van der Waals surface area contributed by atoms with Crippen LogP contribution >= 0.6 is 0 Å². The predicted octanol–water partition coefficient (Wildman–Crippen LogP) is 1.37. The van der Waals surface area contributed by atoms with E-state index in [0.29, 0.717) is 12.5 Å². The Labute approximate surface area is 121 Å². The lowest BCUT2D eigenvalue weighted by atomic mass is 10.3. The minimum atomic E-state index is -0.522. The van der Waals surface area contributed by atoms with E-state index in [0.717, 1.165) is 25.1 Å². The second-order valence-corrected chi connectivity index (χ2v) is 4.34. The van der Waals surface area contributed by atoms with E-state index >= 15 is 0 Å². The lowest BCUT2D eigenvalue weighted by Gasteiger charge is -2.06. The first-order valence-corrected chi connectivity index (χ1v) is 6.55. The van der Waals surface area contributed by atoms with E-state index in [1.807, 2.05) is 18.3 Å². The molecule has 2 aromatic rings. The minimum absolute atomic E-state index is 0.112. The second kappa shape index (κ2) is 7.85. The van der Waals surface area contributed by atoms with Gasteiger partial charge in [0.1, 0.15) is 12.4 Å². The van der Waals surface area contributed by atoms with E-state index in [4.69, 9.17) is 0 Å². The number of aromatic nitrogens is 3. The third-order valence-electron chi connectivity index (χ3n) is 2.71. The summed E-state index contributed by atoms with van der Waals surface area (Å²) < 4.78 is 0. The van der Waals surface area contributed by atoms with E-state index < -0.39 is 4.92 Å². The van der Waals surface area contributed by atoms with Gasteiger partial charge in [-0.2, -0.15) is 0 Å². The van der Waals surface area contributed by atoms with Gasteiger partial charge in [-0.3, -0.25) is 15.1 Å². The maximum Gasteiger partial charge on any atom is 0.305 e. The third-order valence-corrected chi connectivity index (χ3v) is 2.71. The van der Waals surface area contributed by atoms with Crippen molar-refractivity contribution in [3.63, 3.8) is 0 Å². The first-order chi connectivity index (χ1) is 10.3. The summed E-state index contributed by atoms with van der Waals surface area (Å²) in [6, 6.07) is 3.92. The van der Waals surface area contributed by atoms with Gasteiger partial charge in [0.15, 0.2) is 0 Å². The van der Waals surface area contributed by atoms with E-state index in [2.05, 4.69) is 25.6 Å². The van der Waals surface area contributed by atoms with Crippen LogP contribution in [0.5, 0.6) is 0 Å². The van der Waals surface area contributed by atoms with Crippen LogP contribution in [0, 0.1) is 10.1 Å². The summed E-state index contributed by atoms with van der Waals surface area (Å²) in [5, 5.41) is 16.8. The van der Waals surface area contributed by atoms with Crippen LogP contribution in [-0.2, 0) is 6.54 Å². The molecule has 2 rings (SSSR count). The quantitative estimate of drug-likeness (QED) is 0.429. The summed E-state index contributed by atoms with van der Waals surface area (Å²) in [6.07, 6.45) is 6.85. The molecule has 0 saturated carbocycles. The molecule has 0 aliphatic heterocycles. The second-order valence-electron chi connectivity index (χ2n) is 4.34. The molecule has 0 unspecified atom stereocenters. The van der Waals surface area contributed by atoms with E-state index in [-0.39, 0.29) is 5.69 Å². The van der Waals surface area contributed by atoms with Gasteiger partial charge in [-0.25, -0.2) is 9.97 Å². The first kappa shape index (κ1) is 14.8. The highest BCUT2D eigenvalue weighted by molar-refractivity contribution is 5.30. The number of nitrogens with zero attached hydrogens (tertiary/aromatic N) is 4. The Morgan fingerprint density at radius 1 is 1.19 bits per heavy atom. The van der Waals surface area contributed by atoms with Crippen molar-refractivity contribution in [3.8, 4) is 0 Å². The van der Waals surface area contributed by atoms with Gasteiger partial charge in [-0.1, -0.05) is 6.07 Å². The smallest absolute Gasteiger partial charge is 0.305 e. The average molecular weight is 288 g/mol. The fourth-order valence-corrected chi connectivity index (χ4v) is 1.66. The predicted molar refractivity (Wildman–Crippen MR) is 77.7 cm³/mol. The normalized spacial score (nSPS) is 10.3. The number of nitro groups is 1. The van der Waals surface area contributed by atoms with Gasteiger partial charge in [-0.05, 0) is 24.6 Å². The van der Waals surface area contributed by atoms with Gasteiger partial charge in [0.2, 0.25) is 5.95 Å². The minimum Gasteiger partial charge on any atom is -0.354 e. The van der Waals surface area contributed by atoms with Crippen molar-refractivity contribution < 1.29 is 4.92 Å². The Hall–Kier alpha value is -2.61. The van der Waals surface area contributed by atoms with Crippen LogP contribution in [0.4, 0.5) is 11.6 Å². The zero-order valence-electron chi connectivity index (χ0n) is 11.4. The highest BCUT2D eigenvalue weighted by atomic mass is 16.6. The lowest BCUT2D eigenvalue weighted by molar-refractivity contribution is -0.385. The monoisotopic (exact) mass is 288 g/mol. The van der Waals surface area contributed by atoms with Crippen molar-refractivity contribution in [2.24, 2.45) is 0 Å². The first-order valence-electron chi connectivity index (χ1n) is 6.55. The van der Waals surface area contributed by atoms with Crippen LogP contribution in [0.15, 0.2) is 36.9 Å². The molecule has 0 atom stereocenters. The zero-order valence-corrected chi connectivity index (χ0v) is 11.4. The number of anilines is 1. The van der Waals surface area contributed by atoms with Crippen molar-refractivity contribution in [1.82, 2.24) is 20.3 Å². The topological polar surface area (TPSA) is 106 Å². The third kappa shape index (κ3) is 5.11. The van der Waals surface area contributed by atoms with Gasteiger partial charge in [0.25, 0.3) is 0 Å². The molecule has 0 saturated heterocycles. The molecule has 110 valence electrons. The van der Waals surface area contributed by atoms with Crippen molar-refractivity contribution in [1.29, 1.82) is 0 Å². The van der Waals surface area contributed by atoms with E-state index in [1.165, 1.54) is 12.4 Å². The summed E-state index contributed by atoms with van der Waals surface area (Å²) in [7, 11) is 0. The Balaban J connectivity index is 1.60. The summed E-state index contributed by atoms with van der Waals surface area (Å²) in [5.74, 6) is 0.396. The summed E-state index contributed by atoms with van der Waals surface area (Å²) >= 11 is 0. The Kier molecular flexibility index (Phi) is 5.53. The van der Waals surface area contributed by atoms with Crippen LogP contribution in [-0.4, -0.2) is 33.0 Å². The SMILES string of the molecule is O=[N+]([O-])c1cnc(NCCCNCc2cccnc2)nc1. The number of rotatable bonds is 8. The molecule has 2 N–H and O–H groups in total. The van der Waals surface area contributed by atoms with E-state index in [9.17, 15) is 10.1 Å². The van der Waals surface area contributed by atoms with E-state index in [1.54, 1.807) is 6.20 Å². The van der Waals surface area contributed by atoms with Crippen molar-refractivity contribution in [2.75, 3.05) is 18.4 Å². The van der Waals surface area contributed by atoms with Gasteiger partial charge < -0.3 is 10.6 Å². The number of pyridine rings is 1. The highest BCUT2D eigenvalue weighted by Gasteiger charge is 2.05. The van der Waals surface area contributed by atoms with Gasteiger partial charge in [-0.15, -0.1) is 0 Å². The molecule has 8 heteroatoms. The highest BCUT2D eigenvalue weighted by Crippen LogP contribution is 2.07. The number of nitrogens with one attached hydrogen (secondary N) is 2. The lowest BCUT2D eigenvalue weighted by Crippen LogP contribution is -2.18. The van der Waals surface area contributed by atoms with Crippen LogP contribution in [0.3, 0.4) is 0 Å². The Morgan fingerprint density at radius 2 is 2.00 bits per heavy atom. The summed E-state index contributed by atoms with van der Waals surface area (Å²) in [6.45, 7) is 2.31. The fourth-order valence-electron chi connectivity index (χ4n) is 1.66. The molecule has 2 heterocycles. The van der Waals surface area contributed by atoms with Crippen molar-refractivity contribution in [3.05, 3.63) is 52.6 Å². The molecule has 0 aromatic carbocycles. The van der Waals surface area contributed by atoms with Crippen LogP contribution in [0.25, 0.3) is 0 Å². The largest absolute Gasteiger partial charge is 0.354 e. The van der Waals surface area contributed by atoms with Crippen molar-refractivity contribution in [2.45, 2.75) is 13.0 Å². The molecule has 0 radical (unpaired) electrons. The molecular formula is C13H16N6O2. The molecule has 2 aromatic heterocycles. The Morgan fingerprint density at radius 3 is 2.67 bits per heavy atom. The van der Waals surface area contributed by atoms with Crippen LogP contribution < -0.4 is 10.6 Å². The number of hydrogen-bond donors (Lipinski definition) is 2. The fraction of sp³-hybridized carbons (Fsp3) is 0.308. The van der Waals surface area contributed by atoms with Gasteiger partial charge in [0, 0.05) is 25.5 Å². The van der Waals surface area contributed by atoms with Crippen molar-refractivity contribution >= 4 is 11.6 Å². The molecule has 8 nitrogen and oxygen atoms in total. The Bertz CT molecular complexity index is 561. The molecule has 0 spiro atoms. The molecule has 0 aliphatic carbocycles. The standard InChI is InChI=1S/C13H16N6O2/c20-19(21)12-9-17-13(18-10-12)16-6-2-5-15-8-11-3-1-4-14-7-11/h1,3-4,7,9-10,15H,2,5-6,8H2,(H,16,17,18). The molecule has 0 amide bonds. The molecule has 0 bridgehead atoms. The van der Waals surface area contributed by atoms with Crippen LogP contribution in [0.1, 0.15) is 12.0 Å².